The number of fused-ring (bicyclic) bond motifs is 1. The summed E-state index contributed by atoms with van der Waals surface area (Å²) in [5.74, 6) is -2.52. The predicted octanol–water partition coefficient (Wildman–Crippen LogP) is 1.68. The number of phenolic OH excluding ortho intramolecular Hbond substituents is 3. The molecule has 0 aliphatic carbocycles. The largest absolute Gasteiger partial charge is 0.507 e. The number of benzene rings is 2. The van der Waals surface area contributed by atoms with E-state index in [0.717, 1.165) is 17.2 Å². The molecule has 2 heterocycles. The number of aliphatic hydroxyl groups excluding tert-OH is 5. The molecule has 2 aromatic carbocycles. The molecule has 0 aromatic heterocycles. The van der Waals surface area contributed by atoms with Gasteiger partial charge >= 0.3 is 0 Å². The molecule has 0 radical (unpaired) electrons. The minimum absolute atomic E-state index is 0.0977. The highest BCUT2D eigenvalue weighted by molar-refractivity contribution is 6.06. The van der Waals surface area contributed by atoms with Gasteiger partial charge in [-0.25, -0.2) is 0 Å². The van der Waals surface area contributed by atoms with Crippen molar-refractivity contribution in [2.45, 2.75) is 83.5 Å². The van der Waals surface area contributed by atoms with E-state index in [-0.39, 0.29) is 46.8 Å². The first-order valence-electron chi connectivity index (χ1n) is 13.8. The van der Waals surface area contributed by atoms with Gasteiger partial charge in [0.15, 0.2) is 23.7 Å². The third-order valence-electron chi connectivity index (χ3n) is 7.42. The van der Waals surface area contributed by atoms with Crippen molar-refractivity contribution in [3.63, 3.8) is 0 Å². The SMILES string of the molecule is CC(C)=CCc1cc(C2Oc3c(CC=C(C)C)c(OC4OC(CO)C(O)C(O)C4O)cc(O)c3C(=O)C2O)cc(O)c1O. The number of allylic oxidation sites excluding steroid dienone is 4. The van der Waals surface area contributed by atoms with Crippen LogP contribution >= 0.6 is 0 Å². The van der Waals surface area contributed by atoms with Crippen molar-refractivity contribution in [2.75, 3.05) is 6.61 Å². The van der Waals surface area contributed by atoms with E-state index in [9.17, 15) is 45.6 Å². The highest BCUT2D eigenvalue weighted by Crippen LogP contribution is 2.47. The van der Waals surface area contributed by atoms with E-state index in [1.54, 1.807) is 6.08 Å². The molecule has 2 aromatic rings. The molecular weight excluding hydrogens is 564 g/mol. The number of Topliss-reactive ketones (excluding diaryl/α,β-unsaturated/α-hetero) is 1. The number of aromatic hydroxyl groups is 3. The summed E-state index contributed by atoms with van der Waals surface area (Å²) >= 11 is 0. The maximum atomic E-state index is 13.5. The molecule has 0 amide bonds. The molecule has 7 atom stereocenters. The van der Waals surface area contributed by atoms with Crippen LogP contribution in [0, 0.1) is 0 Å². The number of hydrogen-bond donors (Lipinski definition) is 8. The average molecular weight is 603 g/mol. The van der Waals surface area contributed by atoms with Crippen molar-refractivity contribution in [3.8, 4) is 28.7 Å². The number of ketones is 1. The fourth-order valence-corrected chi connectivity index (χ4v) is 4.99. The van der Waals surface area contributed by atoms with Gasteiger partial charge in [0, 0.05) is 17.2 Å². The lowest BCUT2D eigenvalue weighted by Gasteiger charge is -2.40. The molecule has 8 N–H and O–H groups in total. The van der Waals surface area contributed by atoms with Crippen molar-refractivity contribution in [1.82, 2.24) is 0 Å². The molecule has 1 fully saturated rings. The maximum absolute atomic E-state index is 13.5. The summed E-state index contributed by atoms with van der Waals surface area (Å²) < 4.78 is 17.5. The Hall–Kier alpha value is -3.65. The lowest BCUT2D eigenvalue weighted by molar-refractivity contribution is -0.277. The van der Waals surface area contributed by atoms with Gasteiger partial charge in [-0.2, -0.15) is 0 Å². The second-order valence-electron chi connectivity index (χ2n) is 11.3. The molecule has 4 rings (SSSR count). The Kier molecular flexibility index (Phi) is 9.70. The average Bonchev–Trinajstić information content (AvgIpc) is 2.95. The fraction of sp³-hybridized carbons (Fsp3) is 0.452. The van der Waals surface area contributed by atoms with Crippen molar-refractivity contribution in [1.29, 1.82) is 0 Å². The standard InChI is InChI=1S/C31H38O12/c1-13(2)5-7-15-9-16(10-19(34)23(15)35)29-27(39)25(37)22-18(33)11-20(17(30(22)43-29)8-6-14(3)4)41-31-28(40)26(38)24(36)21(12-32)42-31/h5-6,9-11,21,24,26-29,31-36,38-40H,7-8,12H2,1-4H3. The number of rotatable bonds is 8. The lowest BCUT2D eigenvalue weighted by Crippen LogP contribution is -2.60. The van der Waals surface area contributed by atoms with Crippen LogP contribution in [0.4, 0.5) is 0 Å². The van der Waals surface area contributed by atoms with Crippen LogP contribution in [-0.2, 0) is 17.6 Å². The summed E-state index contributed by atoms with van der Waals surface area (Å²) in [6.07, 6.45) is -7.11. The smallest absolute Gasteiger partial charge is 0.229 e. The highest BCUT2D eigenvalue weighted by atomic mass is 16.7. The normalized spacial score (nSPS) is 26.7. The van der Waals surface area contributed by atoms with Crippen LogP contribution in [0.3, 0.4) is 0 Å². The first kappa shape index (κ1) is 32.3. The Labute approximate surface area is 248 Å². The van der Waals surface area contributed by atoms with Crippen molar-refractivity contribution < 1.29 is 59.9 Å². The first-order chi connectivity index (χ1) is 20.2. The quantitative estimate of drug-likeness (QED) is 0.160. The van der Waals surface area contributed by atoms with E-state index in [0.29, 0.717) is 5.56 Å². The summed E-state index contributed by atoms with van der Waals surface area (Å²) in [6, 6.07) is 3.77. The Morgan fingerprint density at radius 2 is 1.53 bits per heavy atom. The molecule has 43 heavy (non-hydrogen) atoms. The van der Waals surface area contributed by atoms with Crippen LogP contribution in [0.1, 0.15) is 60.8 Å². The van der Waals surface area contributed by atoms with Gasteiger partial charge in [-0.15, -0.1) is 0 Å². The van der Waals surface area contributed by atoms with Crippen LogP contribution in [0.25, 0.3) is 0 Å². The van der Waals surface area contributed by atoms with E-state index in [4.69, 9.17) is 14.2 Å². The number of phenols is 3. The third kappa shape index (κ3) is 6.49. The van der Waals surface area contributed by atoms with E-state index in [1.807, 2.05) is 33.8 Å². The second kappa shape index (κ2) is 12.9. The van der Waals surface area contributed by atoms with Gasteiger partial charge in [-0.3, -0.25) is 4.79 Å². The van der Waals surface area contributed by atoms with E-state index < -0.39 is 66.8 Å². The van der Waals surface area contributed by atoms with E-state index in [1.165, 1.54) is 12.1 Å². The Morgan fingerprint density at radius 3 is 2.16 bits per heavy atom. The minimum Gasteiger partial charge on any atom is -0.507 e. The summed E-state index contributed by atoms with van der Waals surface area (Å²) in [5.41, 5.74) is 2.28. The van der Waals surface area contributed by atoms with Crippen molar-refractivity contribution in [2.24, 2.45) is 0 Å². The molecule has 1 saturated heterocycles. The van der Waals surface area contributed by atoms with Gasteiger partial charge < -0.3 is 55.1 Å². The molecule has 234 valence electrons. The van der Waals surface area contributed by atoms with Gasteiger partial charge in [0.1, 0.15) is 47.2 Å². The predicted molar refractivity (Wildman–Crippen MR) is 152 cm³/mol. The van der Waals surface area contributed by atoms with Gasteiger partial charge in [-0.1, -0.05) is 23.3 Å². The van der Waals surface area contributed by atoms with Gasteiger partial charge in [-0.05, 0) is 58.2 Å². The zero-order valence-electron chi connectivity index (χ0n) is 24.3. The Bertz CT molecular complexity index is 1420. The van der Waals surface area contributed by atoms with E-state index >= 15 is 0 Å². The van der Waals surface area contributed by atoms with Crippen LogP contribution in [0.2, 0.25) is 0 Å². The number of hydrogen-bond acceptors (Lipinski definition) is 12. The molecule has 2 aliphatic rings. The lowest BCUT2D eigenvalue weighted by atomic mass is 9.89. The molecule has 2 aliphatic heterocycles. The van der Waals surface area contributed by atoms with Gasteiger partial charge in [0.2, 0.25) is 12.1 Å². The van der Waals surface area contributed by atoms with Crippen molar-refractivity contribution >= 4 is 5.78 Å². The van der Waals surface area contributed by atoms with Crippen LogP contribution in [0.5, 0.6) is 28.7 Å². The molecule has 12 heteroatoms. The first-order valence-corrected chi connectivity index (χ1v) is 13.8. The van der Waals surface area contributed by atoms with Crippen molar-refractivity contribution in [3.05, 3.63) is 63.8 Å². The van der Waals surface area contributed by atoms with E-state index in [2.05, 4.69) is 0 Å². The van der Waals surface area contributed by atoms with Crippen LogP contribution < -0.4 is 9.47 Å². The second-order valence-corrected chi connectivity index (χ2v) is 11.3. The molecule has 0 bridgehead atoms. The zero-order chi connectivity index (χ0) is 31.7. The third-order valence-corrected chi connectivity index (χ3v) is 7.42. The molecule has 0 saturated carbocycles. The highest BCUT2D eigenvalue weighted by Gasteiger charge is 2.46. The topological polar surface area (TPSA) is 207 Å². The summed E-state index contributed by atoms with van der Waals surface area (Å²) in [7, 11) is 0. The Balaban J connectivity index is 1.82. The summed E-state index contributed by atoms with van der Waals surface area (Å²) in [4.78, 5) is 13.5. The Morgan fingerprint density at radius 1 is 0.884 bits per heavy atom. The number of aliphatic hydroxyl groups is 5. The zero-order valence-corrected chi connectivity index (χ0v) is 24.3. The fourth-order valence-electron chi connectivity index (χ4n) is 4.99. The molecule has 7 unspecified atom stereocenters. The van der Waals surface area contributed by atoms with Crippen LogP contribution in [-0.4, -0.2) is 90.1 Å². The summed E-state index contributed by atoms with van der Waals surface area (Å²) in [5, 5.41) is 83.2. The summed E-state index contributed by atoms with van der Waals surface area (Å²) in [6.45, 7) is 6.72. The van der Waals surface area contributed by atoms with Gasteiger partial charge in [0.25, 0.3) is 0 Å². The monoisotopic (exact) mass is 602 g/mol. The maximum Gasteiger partial charge on any atom is 0.229 e. The minimum atomic E-state index is -1.79. The molecule has 12 nitrogen and oxygen atoms in total. The number of carbonyl (C=O) groups is 1. The molecular formula is C31H38O12. The van der Waals surface area contributed by atoms with Gasteiger partial charge in [0.05, 0.1) is 6.61 Å². The molecule has 0 spiro atoms. The number of ether oxygens (including phenoxy) is 3. The number of carbonyl (C=O) groups excluding carboxylic acids is 1. The van der Waals surface area contributed by atoms with Crippen LogP contribution in [0.15, 0.2) is 41.5 Å².